The van der Waals surface area contributed by atoms with Gasteiger partial charge in [-0.05, 0) is 39.4 Å². The Bertz CT molecular complexity index is 386. The normalized spacial score (nSPS) is 14.9. The maximum absolute atomic E-state index is 11.4. The van der Waals surface area contributed by atoms with Crippen molar-refractivity contribution < 1.29 is 14.3 Å². The quantitative estimate of drug-likeness (QED) is 0.829. The molecule has 96 valence electrons. The van der Waals surface area contributed by atoms with Crippen LogP contribution in [-0.4, -0.2) is 28.6 Å². The number of furan rings is 1. The third-order valence-corrected chi connectivity index (χ3v) is 3.23. The molecule has 4 nitrogen and oxygen atoms in total. The summed E-state index contributed by atoms with van der Waals surface area (Å²) in [6.07, 6.45) is 1.46. The van der Waals surface area contributed by atoms with Crippen LogP contribution < -0.4 is 0 Å². The zero-order chi connectivity index (χ0) is 13.1. The van der Waals surface area contributed by atoms with Crippen molar-refractivity contribution >= 4 is 5.97 Å². The van der Waals surface area contributed by atoms with E-state index in [0.29, 0.717) is 13.0 Å². The summed E-state index contributed by atoms with van der Waals surface area (Å²) in [5.74, 6) is 0.861. The lowest BCUT2D eigenvalue weighted by Crippen LogP contribution is -2.49. The number of aryl methyl sites for hydroxylation is 1. The number of hydrogen-bond acceptors (Lipinski definition) is 3. The number of hydrogen-bond donors (Lipinski definition) is 1. The molecule has 1 aromatic heterocycles. The Kier molecular flexibility index (Phi) is 4.34. The standard InChI is InChI=1S/C13H21NO3/c1-5-8-13(3,12(15)16)14(4)9-11-7-6-10(2)17-11/h6-7H,5,8-9H2,1-4H3,(H,15,16). The molecule has 0 bridgehead atoms. The van der Waals surface area contributed by atoms with Gasteiger partial charge in [0, 0.05) is 0 Å². The summed E-state index contributed by atoms with van der Waals surface area (Å²) in [6.45, 7) is 6.14. The molecule has 0 saturated carbocycles. The largest absolute Gasteiger partial charge is 0.480 e. The molecule has 0 amide bonds. The zero-order valence-corrected chi connectivity index (χ0v) is 11.0. The molecule has 1 N–H and O–H groups in total. The molecule has 0 spiro atoms. The Labute approximate surface area is 102 Å². The Hall–Kier alpha value is -1.29. The summed E-state index contributed by atoms with van der Waals surface area (Å²) in [6, 6.07) is 3.78. The van der Waals surface area contributed by atoms with E-state index in [1.54, 1.807) is 6.92 Å². The van der Waals surface area contributed by atoms with Crippen LogP contribution in [-0.2, 0) is 11.3 Å². The second-order valence-electron chi connectivity index (χ2n) is 4.70. The SMILES string of the molecule is CCCC(C)(C(=O)O)N(C)Cc1ccc(C)o1. The molecule has 0 radical (unpaired) electrons. The summed E-state index contributed by atoms with van der Waals surface area (Å²) in [5, 5.41) is 9.34. The lowest BCUT2D eigenvalue weighted by Gasteiger charge is -2.34. The van der Waals surface area contributed by atoms with Gasteiger partial charge >= 0.3 is 5.97 Å². The van der Waals surface area contributed by atoms with E-state index in [1.807, 2.05) is 37.9 Å². The number of carboxylic acid groups (broad SMARTS) is 1. The van der Waals surface area contributed by atoms with Crippen LogP contribution in [0.15, 0.2) is 16.5 Å². The van der Waals surface area contributed by atoms with Gasteiger partial charge in [-0.15, -0.1) is 0 Å². The molecule has 0 fully saturated rings. The molecule has 1 aromatic rings. The van der Waals surface area contributed by atoms with Crippen molar-refractivity contribution in [2.24, 2.45) is 0 Å². The monoisotopic (exact) mass is 239 g/mol. The predicted octanol–water partition coefficient (Wildman–Crippen LogP) is 2.66. The lowest BCUT2D eigenvalue weighted by atomic mass is 9.94. The summed E-state index contributed by atoms with van der Waals surface area (Å²) in [5.41, 5.74) is -0.838. The summed E-state index contributed by atoms with van der Waals surface area (Å²) >= 11 is 0. The zero-order valence-electron chi connectivity index (χ0n) is 11.0. The van der Waals surface area contributed by atoms with Crippen molar-refractivity contribution in [3.63, 3.8) is 0 Å². The Morgan fingerprint density at radius 3 is 2.59 bits per heavy atom. The van der Waals surface area contributed by atoms with Gasteiger partial charge in [-0.3, -0.25) is 9.69 Å². The average molecular weight is 239 g/mol. The fraction of sp³-hybridized carbons (Fsp3) is 0.615. The summed E-state index contributed by atoms with van der Waals surface area (Å²) in [7, 11) is 1.82. The van der Waals surface area contributed by atoms with Crippen molar-refractivity contribution in [2.45, 2.75) is 45.7 Å². The van der Waals surface area contributed by atoms with Crippen molar-refractivity contribution in [1.29, 1.82) is 0 Å². The van der Waals surface area contributed by atoms with Gasteiger partial charge in [0.15, 0.2) is 0 Å². The van der Waals surface area contributed by atoms with Crippen molar-refractivity contribution in [1.82, 2.24) is 4.90 Å². The van der Waals surface area contributed by atoms with Gasteiger partial charge in [0.25, 0.3) is 0 Å². The van der Waals surface area contributed by atoms with Crippen molar-refractivity contribution in [3.05, 3.63) is 23.7 Å². The van der Waals surface area contributed by atoms with Gasteiger partial charge in [-0.2, -0.15) is 0 Å². The molecule has 17 heavy (non-hydrogen) atoms. The van der Waals surface area contributed by atoms with Gasteiger partial charge in [0.05, 0.1) is 6.54 Å². The summed E-state index contributed by atoms with van der Waals surface area (Å²) < 4.78 is 5.47. The first-order chi connectivity index (χ1) is 7.90. The highest BCUT2D eigenvalue weighted by molar-refractivity contribution is 5.78. The molecule has 1 atom stereocenters. The molecule has 0 aliphatic carbocycles. The third-order valence-electron chi connectivity index (χ3n) is 3.23. The Morgan fingerprint density at radius 2 is 2.18 bits per heavy atom. The number of rotatable bonds is 6. The average Bonchev–Trinajstić information content (AvgIpc) is 2.63. The molecule has 0 aliphatic heterocycles. The first-order valence-corrected chi connectivity index (χ1v) is 5.90. The number of carboxylic acids is 1. The first-order valence-electron chi connectivity index (χ1n) is 5.90. The summed E-state index contributed by atoms with van der Waals surface area (Å²) in [4.78, 5) is 13.2. The third kappa shape index (κ3) is 3.09. The second-order valence-corrected chi connectivity index (χ2v) is 4.70. The van der Waals surface area contributed by atoms with E-state index in [-0.39, 0.29) is 0 Å². The first kappa shape index (κ1) is 13.8. The highest BCUT2D eigenvalue weighted by Gasteiger charge is 2.36. The van der Waals surface area contributed by atoms with Gasteiger partial charge in [0.2, 0.25) is 0 Å². The lowest BCUT2D eigenvalue weighted by molar-refractivity contribution is -0.150. The van der Waals surface area contributed by atoms with Gasteiger partial charge in [-0.1, -0.05) is 13.3 Å². The number of carbonyl (C=O) groups is 1. The number of likely N-dealkylation sites (N-methyl/N-ethyl adjacent to an activating group) is 1. The van der Waals surface area contributed by atoms with Crippen LogP contribution in [0.1, 0.15) is 38.2 Å². The number of nitrogens with zero attached hydrogens (tertiary/aromatic N) is 1. The van der Waals surface area contributed by atoms with E-state index in [4.69, 9.17) is 4.42 Å². The maximum atomic E-state index is 11.4. The van der Waals surface area contributed by atoms with E-state index < -0.39 is 11.5 Å². The topological polar surface area (TPSA) is 53.7 Å². The molecule has 1 rings (SSSR count). The van der Waals surface area contributed by atoms with E-state index in [9.17, 15) is 9.90 Å². The van der Waals surface area contributed by atoms with Crippen LogP contribution in [0.5, 0.6) is 0 Å². The van der Waals surface area contributed by atoms with Gasteiger partial charge in [0.1, 0.15) is 17.1 Å². The minimum Gasteiger partial charge on any atom is -0.480 e. The van der Waals surface area contributed by atoms with Crippen LogP contribution in [0, 0.1) is 6.92 Å². The number of aliphatic carboxylic acids is 1. The van der Waals surface area contributed by atoms with Gasteiger partial charge < -0.3 is 9.52 Å². The van der Waals surface area contributed by atoms with Crippen LogP contribution in [0.2, 0.25) is 0 Å². The van der Waals surface area contributed by atoms with Gasteiger partial charge in [-0.25, -0.2) is 0 Å². The predicted molar refractivity (Wildman–Crippen MR) is 65.9 cm³/mol. The maximum Gasteiger partial charge on any atom is 0.323 e. The highest BCUT2D eigenvalue weighted by Crippen LogP contribution is 2.23. The molecular formula is C13H21NO3. The molecule has 1 heterocycles. The smallest absolute Gasteiger partial charge is 0.323 e. The van der Waals surface area contributed by atoms with Crippen LogP contribution >= 0.6 is 0 Å². The van der Waals surface area contributed by atoms with Crippen molar-refractivity contribution in [3.8, 4) is 0 Å². The Balaban J connectivity index is 2.78. The van der Waals surface area contributed by atoms with Crippen LogP contribution in [0.25, 0.3) is 0 Å². The van der Waals surface area contributed by atoms with E-state index >= 15 is 0 Å². The van der Waals surface area contributed by atoms with E-state index in [2.05, 4.69) is 0 Å². The van der Waals surface area contributed by atoms with E-state index in [0.717, 1.165) is 17.9 Å². The molecule has 0 saturated heterocycles. The fourth-order valence-electron chi connectivity index (χ4n) is 1.93. The van der Waals surface area contributed by atoms with Crippen LogP contribution in [0.3, 0.4) is 0 Å². The molecular weight excluding hydrogens is 218 g/mol. The fourth-order valence-corrected chi connectivity index (χ4v) is 1.93. The van der Waals surface area contributed by atoms with Crippen molar-refractivity contribution in [2.75, 3.05) is 7.05 Å². The van der Waals surface area contributed by atoms with Crippen LogP contribution in [0.4, 0.5) is 0 Å². The Morgan fingerprint density at radius 1 is 1.53 bits per heavy atom. The minimum absolute atomic E-state index is 0.511. The van der Waals surface area contributed by atoms with E-state index in [1.165, 1.54) is 0 Å². The second kappa shape index (κ2) is 5.36. The highest BCUT2D eigenvalue weighted by atomic mass is 16.4. The molecule has 4 heteroatoms. The molecule has 0 aliphatic rings. The molecule has 0 aromatic carbocycles. The molecule has 1 unspecified atom stereocenters. The minimum atomic E-state index is -0.838.